The molecule has 1 heterocycles. The maximum Gasteiger partial charge on any atom is 0.311 e. The summed E-state index contributed by atoms with van der Waals surface area (Å²) in [4.78, 5) is 12.9. The maximum absolute atomic E-state index is 12.9. The number of rotatable bonds is 5. The van der Waals surface area contributed by atoms with Crippen LogP contribution in [0.3, 0.4) is 0 Å². The molecule has 4 nitrogen and oxygen atoms in total. The van der Waals surface area contributed by atoms with Gasteiger partial charge in [-0.3, -0.25) is 4.79 Å². The first-order valence-electron chi connectivity index (χ1n) is 9.87. The van der Waals surface area contributed by atoms with E-state index < -0.39 is 0 Å². The number of carbonyl (C=O) groups is 1. The number of aryl methyl sites for hydroxylation is 2. The lowest BCUT2D eigenvalue weighted by atomic mass is 9.82. The largest absolute Gasteiger partial charge is 0.497 e. The molecule has 1 aliphatic heterocycles. The van der Waals surface area contributed by atoms with E-state index in [4.69, 9.17) is 9.47 Å². The van der Waals surface area contributed by atoms with Gasteiger partial charge in [0.1, 0.15) is 5.75 Å². The van der Waals surface area contributed by atoms with Gasteiger partial charge in [-0.1, -0.05) is 30.3 Å². The second-order valence-corrected chi connectivity index (χ2v) is 7.43. The van der Waals surface area contributed by atoms with Crippen LogP contribution in [0.5, 0.6) is 5.75 Å². The zero-order valence-electron chi connectivity index (χ0n) is 16.0. The van der Waals surface area contributed by atoms with E-state index in [1.165, 1.54) is 29.5 Å². The molecule has 1 fully saturated rings. The van der Waals surface area contributed by atoms with Crippen molar-refractivity contribution in [3.05, 3.63) is 64.7 Å². The van der Waals surface area contributed by atoms with Crippen molar-refractivity contribution in [2.24, 2.45) is 5.92 Å². The zero-order valence-corrected chi connectivity index (χ0v) is 16.0. The first-order valence-corrected chi connectivity index (χ1v) is 9.87. The molecular weight excluding hydrogens is 338 g/mol. The summed E-state index contributed by atoms with van der Waals surface area (Å²) in [6.45, 7) is 3.05. The Kier molecular flexibility index (Phi) is 5.17. The van der Waals surface area contributed by atoms with Gasteiger partial charge >= 0.3 is 5.97 Å². The molecule has 4 heteroatoms. The predicted octanol–water partition coefficient (Wildman–Crippen LogP) is 3.79. The molecule has 0 saturated carbocycles. The normalized spacial score (nSPS) is 23.9. The first-order chi connectivity index (χ1) is 13.2. The monoisotopic (exact) mass is 365 g/mol. The average Bonchev–Trinajstić information content (AvgIpc) is 3.34. The summed E-state index contributed by atoms with van der Waals surface area (Å²) in [6, 6.07) is 14.7. The Labute approximate surface area is 160 Å². The molecule has 0 aromatic heterocycles. The van der Waals surface area contributed by atoms with Crippen molar-refractivity contribution in [1.82, 2.24) is 5.32 Å². The Hall–Kier alpha value is -2.33. The van der Waals surface area contributed by atoms with E-state index in [1.807, 2.05) is 31.2 Å². The predicted molar refractivity (Wildman–Crippen MR) is 105 cm³/mol. The fourth-order valence-corrected chi connectivity index (χ4v) is 4.56. The van der Waals surface area contributed by atoms with E-state index in [0.717, 1.165) is 24.3 Å². The number of benzene rings is 2. The number of nitrogens with one attached hydrogen (secondary N) is 1. The quantitative estimate of drug-likeness (QED) is 0.819. The molecule has 2 aliphatic rings. The van der Waals surface area contributed by atoms with Crippen LogP contribution in [-0.4, -0.2) is 26.2 Å². The van der Waals surface area contributed by atoms with E-state index in [1.54, 1.807) is 7.11 Å². The van der Waals surface area contributed by atoms with Gasteiger partial charge < -0.3 is 14.8 Å². The molecule has 1 N–H and O–H groups in total. The highest BCUT2D eigenvalue weighted by Crippen LogP contribution is 2.41. The van der Waals surface area contributed by atoms with Crippen LogP contribution in [0, 0.1) is 5.92 Å². The van der Waals surface area contributed by atoms with Gasteiger partial charge in [0, 0.05) is 18.5 Å². The Morgan fingerprint density at radius 1 is 1.07 bits per heavy atom. The van der Waals surface area contributed by atoms with E-state index in [9.17, 15) is 4.79 Å². The molecule has 1 aliphatic carbocycles. The van der Waals surface area contributed by atoms with Crippen molar-refractivity contribution in [1.29, 1.82) is 0 Å². The summed E-state index contributed by atoms with van der Waals surface area (Å²) in [6.07, 6.45) is 3.56. The van der Waals surface area contributed by atoms with Crippen LogP contribution >= 0.6 is 0 Å². The minimum atomic E-state index is -0.224. The summed E-state index contributed by atoms with van der Waals surface area (Å²) >= 11 is 0. The number of methoxy groups -OCH3 is 1. The lowest BCUT2D eigenvalue weighted by molar-refractivity contribution is -0.148. The van der Waals surface area contributed by atoms with Gasteiger partial charge in [-0.2, -0.15) is 0 Å². The number of ether oxygens (including phenoxy) is 2. The summed E-state index contributed by atoms with van der Waals surface area (Å²) < 4.78 is 10.7. The van der Waals surface area contributed by atoms with Crippen LogP contribution in [-0.2, 0) is 22.4 Å². The Bertz CT molecular complexity index is 815. The van der Waals surface area contributed by atoms with Gasteiger partial charge in [0.15, 0.2) is 0 Å². The number of fused-ring (bicyclic) bond motifs is 1. The highest BCUT2D eigenvalue weighted by atomic mass is 16.5. The Morgan fingerprint density at radius 2 is 1.81 bits per heavy atom. The van der Waals surface area contributed by atoms with Gasteiger partial charge in [-0.25, -0.2) is 0 Å². The second-order valence-electron chi connectivity index (χ2n) is 7.43. The molecule has 0 bridgehead atoms. The minimum Gasteiger partial charge on any atom is -0.497 e. The second kappa shape index (κ2) is 7.73. The van der Waals surface area contributed by atoms with Crippen LogP contribution in [0.25, 0.3) is 0 Å². The summed E-state index contributed by atoms with van der Waals surface area (Å²) in [7, 11) is 1.66. The zero-order chi connectivity index (χ0) is 18.8. The highest BCUT2D eigenvalue weighted by Gasteiger charge is 2.43. The van der Waals surface area contributed by atoms with Crippen LogP contribution in [0.4, 0.5) is 0 Å². The van der Waals surface area contributed by atoms with Crippen molar-refractivity contribution < 1.29 is 14.3 Å². The molecule has 2 aromatic rings. The van der Waals surface area contributed by atoms with Crippen molar-refractivity contribution in [2.75, 3.05) is 20.3 Å². The lowest BCUT2D eigenvalue weighted by Crippen LogP contribution is -2.27. The molecule has 0 spiro atoms. The molecule has 2 aromatic carbocycles. The molecule has 0 amide bonds. The molecule has 4 rings (SSSR count). The molecule has 0 radical (unpaired) electrons. The smallest absolute Gasteiger partial charge is 0.311 e. The molecule has 142 valence electrons. The third kappa shape index (κ3) is 3.46. The van der Waals surface area contributed by atoms with Gasteiger partial charge in [0.2, 0.25) is 0 Å². The number of hydrogen-bond donors (Lipinski definition) is 1. The standard InChI is InChI=1S/C23H27NO3/c1-3-27-23(25)21-20(18-8-7-15-5-4-6-17(15)13-18)14-24-22(21)16-9-11-19(26-2)12-10-16/h7-13,20-22,24H,3-6,14H2,1-2H3/t20-,21+,22+/m1/s1. The molecular formula is C23H27NO3. The third-order valence-corrected chi connectivity index (χ3v) is 5.93. The van der Waals surface area contributed by atoms with Crippen molar-refractivity contribution >= 4 is 5.97 Å². The van der Waals surface area contributed by atoms with Crippen molar-refractivity contribution in [3.63, 3.8) is 0 Å². The van der Waals surface area contributed by atoms with E-state index in [0.29, 0.717) is 6.61 Å². The molecule has 27 heavy (non-hydrogen) atoms. The van der Waals surface area contributed by atoms with Gasteiger partial charge in [0.05, 0.1) is 19.6 Å². The van der Waals surface area contributed by atoms with Gasteiger partial charge in [0.25, 0.3) is 0 Å². The van der Waals surface area contributed by atoms with E-state index in [2.05, 4.69) is 23.5 Å². The third-order valence-electron chi connectivity index (χ3n) is 5.93. The minimum absolute atomic E-state index is 0.0480. The number of hydrogen-bond acceptors (Lipinski definition) is 4. The van der Waals surface area contributed by atoms with Crippen LogP contribution in [0.1, 0.15) is 47.6 Å². The van der Waals surface area contributed by atoms with Crippen molar-refractivity contribution in [3.8, 4) is 5.75 Å². The van der Waals surface area contributed by atoms with Gasteiger partial charge in [-0.05, 0) is 60.6 Å². The fourth-order valence-electron chi connectivity index (χ4n) is 4.56. The van der Waals surface area contributed by atoms with Crippen LogP contribution < -0.4 is 10.1 Å². The van der Waals surface area contributed by atoms with Crippen LogP contribution in [0.15, 0.2) is 42.5 Å². The molecule has 3 atom stereocenters. The number of esters is 1. The Balaban J connectivity index is 1.66. The summed E-state index contributed by atoms with van der Waals surface area (Å²) in [5.74, 6) is 0.605. The first kappa shape index (κ1) is 18.1. The van der Waals surface area contributed by atoms with Gasteiger partial charge in [-0.15, -0.1) is 0 Å². The SMILES string of the molecule is CCOC(=O)[C@H]1[C@@H](c2ccc3c(c2)CCC3)CN[C@H]1c1ccc(OC)cc1. The lowest BCUT2D eigenvalue weighted by Gasteiger charge is -2.23. The average molecular weight is 365 g/mol. The topological polar surface area (TPSA) is 47.6 Å². The Morgan fingerprint density at radius 3 is 2.56 bits per heavy atom. The molecule has 1 saturated heterocycles. The maximum atomic E-state index is 12.9. The fraction of sp³-hybridized carbons (Fsp3) is 0.435. The number of carbonyl (C=O) groups excluding carboxylic acids is 1. The molecule has 0 unspecified atom stereocenters. The van der Waals surface area contributed by atoms with E-state index in [-0.39, 0.29) is 23.8 Å². The summed E-state index contributed by atoms with van der Waals surface area (Å²) in [5.41, 5.74) is 5.25. The van der Waals surface area contributed by atoms with Crippen LogP contribution in [0.2, 0.25) is 0 Å². The van der Waals surface area contributed by atoms with E-state index >= 15 is 0 Å². The van der Waals surface area contributed by atoms with Crippen molar-refractivity contribution in [2.45, 2.75) is 38.1 Å². The summed E-state index contributed by atoms with van der Waals surface area (Å²) in [5, 5.41) is 3.57. The highest BCUT2D eigenvalue weighted by molar-refractivity contribution is 5.76.